The zero-order chi connectivity index (χ0) is 14.5. The van der Waals surface area contributed by atoms with E-state index >= 15 is 0 Å². The maximum Gasteiger partial charge on any atom is 0.269 e. The van der Waals surface area contributed by atoms with Gasteiger partial charge in [-0.2, -0.15) is 0 Å². The van der Waals surface area contributed by atoms with Gasteiger partial charge in [0.05, 0.1) is 11.5 Å². The second-order valence-electron chi connectivity index (χ2n) is 4.65. The first-order valence-corrected chi connectivity index (χ1v) is 6.60. The number of nitro benzene ring substituents is 1. The molecule has 6 heteroatoms. The summed E-state index contributed by atoms with van der Waals surface area (Å²) in [5.74, 6) is 0.963. The van der Waals surface area contributed by atoms with Crippen molar-refractivity contribution in [2.45, 2.75) is 33.4 Å². The number of anilines is 1. The van der Waals surface area contributed by atoms with Gasteiger partial charge < -0.3 is 9.88 Å². The van der Waals surface area contributed by atoms with E-state index in [4.69, 9.17) is 0 Å². The molecule has 0 bridgehead atoms. The fourth-order valence-electron chi connectivity index (χ4n) is 2.09. The standard InChI is InChI=1S/C14H18N4O2/c1-3-7-17-8-6-15-14(17)10-16-13-5-4-12(18(19)20)9-11(13)2/h4-6,8-9,16H,3,7,10H2,1-2H3. The first-order chi connectivity index (χ1) is 9.61. The first kappa shape index (κ1) is 14.0. The summed E-state index contributed by atoms with van der Waals surface area (Å²) in [7, 11) is 0. The molecule has 20 heavy (non-hydrogen) atoms. The highest BCUT2D eigenvalue weighted by atomic mass is 16.6. The molecule has 1 aromatic heterocycles. The molecule has 2 rings (SSSR count). The van der Waals surface area contributed by atoms with Gasteiger partial charge in [0.15, 0.2) is 0 Å². The Kier molecular flexibility index (Phi) is 4.34. The quantitative estimate of drug-likeness (QED) is 0.648. The van der Waals surface area contributed by atoms with Gasteiger partial charge in [0.1, 0.15) is 5.82 Å². The van der Waals surface area contributed by atoms with Gasteiger partial charge in [-0.15, -0.1) is 0 Å². The largest absolute Gasteiger partial charge is 0.378 e. The number of hydrogen-bond acceptors (Lipinski definition) is 4. The lowest BCUT2D eigenvalue weighted by Gasteiger charge is -2.10. The first-order valence-electron chi connectivity index (χ1n) is 6.60. The SMILES string of the molecule is CCCn1ccnc1CNc1ccc([N+](=O)[O-])cc1C. The fraction of sp³-hybridized carbons (Fsp3) is 0.357. The molecule has 106 valence electrons. The van der Waals surface area contributed by atoms with Gasteiger partial charge in [0.2, 0.25) is 0 Å². The molecule has 1 aromatic carbocycles. The van der Waals surface area contributed by atoms with Crippen LogP contribution in [0.4, 0.5) is 11.4 Å². The second kappa shape index (κ2) is 6.18. The molecule has 0 saturated carbocycles. The summed E-state index contributed by atoms with van der Waals surface area (Å²) in [6, 6.07) is 4.81. The van der Waals surface area contributed by atoms with Crippen LogP contribution in [0.25, 0.3) is 0 Å². The molecule has 1 N–H and O–H groups in total. The number of benzene rings is 1. The van der Waals surface area contributed by atoms with Crippen LogP contribution in [-0.4, -0.2) is 14.5 Å². The van der Waals surface area contributed by atoms with Crippen molar-refractivity contribution in [1.29, 1.82) is 0 Å². The van der Waals surface area contributed by atoms with Crippen LogP contribution in [0.3, 0.4) is 0 Å². The predicted octanol–water partition coefficient (Wildman–Crippen LogP) is 3.12. The minimum atomic E-state index is -0.384. The lowest BCUT2D eigenvalue weighted by Crippen LogP contribution is -2.09. The molecule has 0 spiro atoms. The number of hydrogen-bond donors (Lipinski definition) is 1. The number of aromatic nitrogens is 2. The molecule has 0 atom stereocenters. The van der Waals surface area contributed by atoms with Crippen molar-refractivity contribution >= 4 is 11.4 Å². The minimum absolute atomic E-state index is 0.112. The highest BCUT2D eigenvalue weighted by Crippen LogP contribution is 2.21. The minimum Gasteiger partial charge on any atom is -0.378 e. The zero-order valence-corrected chi connectivity index (χ0v) is 11.7. The Morgan fingerprint density at radius 2 is 2.25 bits per heavy atom. The molecule has 2 aromatic rings. The van der Waals surface area contributed by atoms with Crippen molar-refractivity contribution in [1.82, 2.24) is 9.55 Å². The lowest BCUT2D eigenvalue weighted by atomic mass is 10.2. The number of nitrogens with one attached hydrogen (secondary N) is 1. The molecule has 6 nitrogen and oxygen atoms in total. The fourth-order valence-corrected chi connectivity index (χ4v) is 2.09. The molecule has 0 aliphatic heterocycles. The molecule has 0 unspecified atom stereocenters. The van der Waals surface area contributed by atoms with Gasteiger partial charge in [0, 0.05) is 36.8 Å². The summed E-state index contributed by atoms with van der Waals surface area (Å²) >= 11 is 0. The van der Waals surface area contributed by atoms with Crippen molar-refractivity contribution in [2.24, 2.45) is 0 Å². The molecule has 0 radical (unpaired) electrons. The molecule has 0 saturated heterocycles. The normalized spacial score (nSPS) is 10.5. The van der Waals surface area contributed by atoms with E-state index < -0.39 is 0 Å². The topological polar surface area (TPSA) is 73.0 Å². The summed E-state index contributed by atoms with van der Waals surface area (Å²) in [5, 5.41) is 14.0. The second-order valence-corrected chi connectivity index (χ2v) is 4.65. The maximum absolute atomic E-state index is 10.7. The van der Waals surface area contributed by atoms with Crippen LogP contribution >= 0.6 is 0 Å². The third kappa shape index (κ3) is 3.14. The summed E-state index contributed by atoms with van der Waals surface area (Å²) in [4.78, 5) is 14.6. The average Bonchev–Trinajstić information content (AvgIpc) is 2.85. The van der Waals surface area contributed by atoms with Crippen molar-refractivity contribution < 1.29 is 4.92 Å². The third-order valence-corrected chi connectivity index (χ3v) is 3.12. The van der Waals surface area contributed by atoms with Crippen molar-refractivity contribution in [3.05, 3.63) is 52.1 Å². The van der Waals surface area contributed by atoms with Gasteiger partial charge in [-0.25, -0.2) is 4.98 Å². The van der Waals surface area contributed by atoms with Crippen molar-refractivity contribution in [2.75, 3.05) is 5.32 Å². The zero-order valence-electron chi connectivity index (χ0n) is 11.7. The highest BCUT2D eigenvalue weighted by Gasteiger charge is 2.08. The number of nitrogens with zero attached hydrogens (tertiary/aromatic N) is 3. The van der Waals surface area contributed by atoms with Crippen molar-refractivity contribution in [3.63, 3.8) is 0 Å². The predicted molar refractivity (Wildman–Crippen MR) is 77.7 cm³/mol. The van der Waals surface area contributed by atoms with Crippen molar-refractivity contribution in [3.8, 4) is 0 Å². The van der Waals surface area contributed by atoms with E-state index in [0.717, 1.165) is 30.0 Å². The van der Waals surface area contributed by atoms with Crippen LogP contribution < -0.4 is 5.32 Å². The van der Waals surface area contributed by atoms with E-state index in [9.17, 15) is 10.1 Å². The molecule has 0 fully saturated rings. The van der Waals surface area contributed by atoms with Gasteiger partial charge >= 0.3 is 0 Å². The monoisotopic (exact) mass is 274 g/mol. The summed E-state index contributed by atoms with van der Waals surface area (Å²) in [6.07, 6.45) is 4.80. The highest BCUT2D eigenvalue weighted by molar-refractivity contribution is 5.55. The summed E-state index contributed by atoms with van der Waals surface area (Å²) < 4.78 is 2.10. The lowest BCUT2D eigenvalue weighted by molar-refractivity contribution is -0.384. The number of aryl methyl sites for hydroxylation is 2. The Balaban J connectivity index is 2.07. The maximum atomic E-state index is 10.7. The van der Waals surface area contributed by atoms with Gasteiger partial charge in [-0.1, -0.05) is 6.92 Å². The number of imidazole rings is 1. The molecule has 0 amide bonds. The summed E-state index contributed by atoms with van der Waals surface area (Å²) in [6.45, 7) is 5.52. The van der Waals surface area contributed by atoms with Crippen LogP contribution in [-0.2, 0) is 13.1 Å². The van der Waals surface area contributed by atoms with E-state index in [1.807, 2.05) is 13.1 Å². The number of non-ortho nitro benzene ring substituents is 1. The molecule has 1 heterocycles. The van der Waals surface area contributed by atoms with Crippen LogP contribution in [0.15, 0.2) is 30.6 Å². The smallest absolute Gasteiger partial charge is 0.269 e. The van der Waals surface area contributed by atoms with E-state index in [1.165, 1.54) is 6.07 Å². The number of nitro groups is 1. The van der Waals surface area contributed by atoms with Crippen LogP contribution in [0, 0.1) is 17.0 Å². The van der Waals surface area contributed by atoms with Crippen LogP contribution in [0.5, 0.6) is 0 Å². The van der Waals surface area contributed by atoms with Crippen LogP contribution in [0.2, 0.25) is 0 Å². The van der Waals surface area contributed by atoms with E-state index in [0.29, 0.717) is 6.54 Å². The number of rotatable bonds is 6. The van der Waals surface area contributed by atoms with E-state index in [-0.39, 0.29) is 10.6 Å². The Hall–Kier alpha value is -2.37. The Morgan fingerprint density at radius 1 is 1.45 bits per heavy atom. The van der Waals surface area contributed by atoms with Gasteiger partial charge in [-0.3, -0.25) is 10.1 Å². The molecular formula is C14H18N4O2. The average molecular weight is 274 g/mol. The molecule has 0 aliphatic carbocycles. The van der Waals surface area contributed by atoms with E-state index in [1.54, 1.807) is 18.3 Å². The van der Waals surface area contributed by atoms with E-state index in [2.05, 4.69) is 21.8 Å². The Bertz CT molecular complexity index is 607. The Labute approximate surface area is 117 Å². The van der Waals surface area contributed by atoms with Gasteiger partial charge in [0.25, 0.3) is 5.69 Å². The molecule has 0 aliphatic rings. The van der Waals surface area contributed by atoms with Crippen LogP contribution in [0.1, 0.15) is 24.7 Å². The third-order valence-electron chi connectivity index (χ3n) is 3.12. The Morgan fingerprint density at radius 3 is 2.90 bits per heavy atom. The molecular weight excluding hydrogens is 256 g/mol. The van der Waals surface area contributed by atoms with Gasteiger partial charge in [-0.05, 0) is 25.0 Å². The summed E-state index contributed by atoms with van der Waals surface area (Å²) in [5.41, 5.74) is 1.86.